The summed E-state index contributed by atoms with van der Waals surface area (Å²) in [4.78, 5) is 13.5. The molecule has 2 heteroatoms. The first kappa shape index (κ1) is 20.6. The quantitative estimate of drug-likeness (QED) is 0.548. The molecule has 2 aromatic rings. The first-order valence-electron chi connectivity index (χ1n) is 10.9. The lowest BCUT2D eigenvalue weighted by molar-refractivity contribution is 0.112. The lowest BCUT2D eigenvalue weighted by Gasteiger charge is -2.37. The highest BCUT2D eigenvalue weighted by atomic mass is 16.1. The van der Waals surface area contributed by atoms with Gasteiger partial charge in [-0.1, -0.05) is 57.0 Å². The van der Waals surface area contributed by atoms with Gasteiger partial charge in [0.2, 0.25) is 0 Å². The molecule has 0 amide bonds. The third-order valence-corrected chi connectivity index (χ3v) is 6.02. The second kappa shape index (κ2) is 9.41. The second-order valence-electron chi connectivity index (χ2n) is 9.02. The first-order valence-corrected chi connectivity index (χ1v) is 10.9. The molecule has 0 saturated heterocycles. The van der Waals surface area contributed by atoms with Crippen molar-refractivity contribution in [3.8, 4) is 0 Å². The van der Waals surface area contributed by atoms with Crippen LogP contribution in [-0.4, -0.2) is 12.3 Å². The Bertz CT molecular complexity index is 791. The largest absolute Gasteiger partial charge is 0.364 e. The van der Waals surface area contributed by atoms with E-state index in [4.69, 9.17) is 0 Å². The lowest BCUT2D eigenvalue weighted by Crippen LogP contribution is -2.36. The number of carbonyl (C=O) groups excluding carboxylic acids is 1. The molecule has 0 radical (unpaired) electrons. The average Bonchev–Trinajstić information content (AvgIpc) is 3.49. The summed E-state index contributed by atoms with van der Waals surface area (Å²) in [5.41, 5.74) is 6.01. The van der Waals surface area contributed by atoms with Gasteiger partial charge in [-0.25, -0.2) is 0 Å². The maximum absolute atomic E-state index is 11.0. The number of nitrogens with zero attached hydrogens (tertiary/aromatic N) is 1. The van der Waals surface area contributed by atoms with Crippen LogP contribution < -0.4 is 4.90 Å². The van der Waals surface area contributed by atoms with E-state index >= 15 is 0 Å². The summed E-state index contributed by atoms with van der Waals surface area (Å²) in [7, 11) is 0. The van der Waals surface area contributed by atoms with Crippen molar-refractivity contribution in [2.24, 2.45) is 11.8 Å². The minimum atomic E-state index is 0.527. The average molecular weight is 378 g/mol. The Balaban J connectivity index is 0.000000271. The first-order chi connectivity index (χ1) is 13.5. The fraction of sp³-hybridized carbons (Fsp3) is 0.500. The third kappa shape index (κ3) is 5.47. The van der Waals surface area contributed by atoms with E-state index in [1.807, 2.05) is 18.2 Å². The molecule has 0 aromatic heterocycles. The Morgan fingerprint density at radius 1 is 1.11 bits per heavy atom. The van der Waals surface area contributed by atoms with Gasteiger partial charge in [0.1, 0.15) is 6.29 Å². The zero-order valence-corrected chi connectivity index (χ0v) is 17.9. The number of rotatable bonds is 5. The third-order valence-electron chi connectivity index (χ3n) is 6.02. The van der Waals surface area contributed by atoms with E-state index in [1.54, 1.807) is 0 Å². The van der Waals surface area contributed by atoms with Gasteiger partial charge in [0.05, 0.1) is 0 Å². The highest BCUT2D eigenvalue weighted by Crippen LogP contribution is 2.35. The van der Waals surface area contributed by atoms with Crippen LogP contribution in [0.2, 0.25) is 0 Å². The predicted octanol–water partition coefficient (Wildman–Crippen LogP) is 6.59. The summed E-state index contributed by atoms with van der Waals surface area (Å²) in [6.45, 7) is 9.88. The molecule has 1 atom stereocenters. The van der Waals surface area contributed by atoms with E-state index in [2.05, 4.69) is 56.9 Å². The summed E-state index contributed by atoms with van der Waals surface area (Å²) in [6, 6.07) is 15.1. The topological polar surface area (TPSA) is 20.3 Å². The van der Waals surface area contributed by atoms with E-state index in [0.717, 1.165) is 36.7 Å². The number of fused-ring (bicyclic) bond motifs is 1. The minimum absolute atomic E-state index is 0.527. The Kier molecular flexibility index (Phi) is 6.93. The van der Waals surface area contributed by atoms with Gasteiger partial charge in [-0.3, -0.25) is 4.79 Å². The fourth-order valence-corrected chi connectivity index (χ4v) is 4.14. The molecule has 1 aliphatic heterocycles. The monoisotopic (exact) mass is 377 g/mol. The summed E-state index contributed by atoms with van der Waals surface area (Å²) >= 11 is 0. The molecule has 1 aliphatic carbocycles. The number of anilines is 1. The Hall–Kier alpha value is -2.09. The summed E-state index contributed by atoms with van der Waals surface area (Å²) < 4.78 is 0. The van der Waals surface area contributed by atoms with E-state index in [9.17, 15) is 4.79 Å². The molecule has 28 heavy (non-hydrogen) atoms. The molecule has 1 saturated carbocycles. The standard InChI is InChI=1S/C19H21NO.C7H14/c1-14-7-9-16(13-21)11-18(14)12-20-15(2)8-10-17-5-3-4-6-19(17)20;1-6(2)5-7-3-4-7/h3-7,9,11,13,15H,8,10,12H2,1-2H3;6-7H,3-5H2,1-2H3. The van der Waals surface area contributed by atoms with E-state index in [0.29, 0.717) is 6.04 Å². The van der Waals surface area contributed by atoms with Crippen molar-refractivity contribution in [3.63, 3.8) is 0 Å². The van der Waals surface area contributed by atoms with Gasteiger partial charge in [-0.2, -0.15) is 0 Å². The van der Waals surface area contributed by atoms with Crippen LogP contribution >= 0.6 is 0 Å². The van der Waals surface area contributed by atoms with Crippen LogP contribution in [0.1, 0.15) is 73.5 Å². The number of hydrogen-bond donors (Lipinski definition) is 0. The number of aldehydes is 1. The zero-order valence-electron chi connectivity index (χ0n) is 17.9. The smallest absolute Gasteiger partial charge is 0.150 e. The number of benzene rings is 2. The highest BCUT2D eigenvalue weighted by Gasteiger charge is 2.23. The van der Waals surface area contributed by atoms with Crippen LogP contribution in [0.15, 0.2) is 42.5 Å². The molecular weight excluding hydrogens is 342 g/mol. The second-order valence-corrected chi connectivity index (χ2v) is 9.02. The summed E-state index contributed by atoms with van der Waals surface area (Å²) in [6.07, 6.45) is 7.76. The Labute approximate surface area is 171 Å². The molecule has 1 unspecified atom stereocenters. The van der Waals surface area contributed by atoms with E-state index < -0.39 is 0 Å². The molecule has 1 fully saturated rings. The number of aryl methyl sites for hydroxylation is 2. The fourth-order valence-electron chi connectivity index (χ4n) is 4.14. The molecule has 2 nitrogen and oxygen atoms in total. The van der Waals surface area contributed by atoms with Gasteiger partial charge in [-0.05, 0) is 73.8 Å². The van der Waals surface area contributed by atoms with Crippen molar-refractivity contribution in [3.05, 3.63) is 64.7 Å². The molecule has 0 spiro atoms. The van der Waals surface area contributed by atoms with Crippen molar-refractivity contribution >= 4 is 12.0 Å². The van der Waals surface area contributed by atoms with Gasteiger partial charge in [0.25, 0.3) is 0 Å². The molecular formula is C26H35NO. The van der Waals surface area contributed by atoms with E-state index in [-0.39, 0.29) is 0 Å². The SMILES string of the molecule is CC(C)CC1CC1.Cc1ccc(C=O)cc1CN1c2ccccc2CCC1C. The van der Waals surface area contributed by atoms with Gasteiger partial charge >= 0.3 is 0 Å². The van der Waals surface area contributed by atoms with Crippen molar-refractivity contribution in [1.82, 2.24) is 0 Å². The van der Waals surface area contributed by atoms with Crippen LogP contribution in [0.4, 0.5) is 5.69 Å². The molecule has 0 N–H and O–H groups in total. The molecule has 4 rings (SSSR count). The van der Waals surface area contributed by atoms with Crippen molar-refractivity contribution in [2.75, 3.05) is 4.90 Å². The minimum Gasteiger partial charge on any atom is -0.364 e. The maximum atomic E-state index is 11.0. The van der Waals surface area contributed by atoms with Gasteiger partial charge < -0.3 is 4.90 Å². The summed E-state index contributed by atoms with van der Waals surface area (Å²) in [5.74, 6) is 2.06. The molecule has 0 bridgehead atoms. The van der Waals surface area contributed by atoms with Crippen molar-refractivity contribution in [1.29, 1.82) is 0 Å². The van der Waals surface area contributed by atoms with Gasteiger partial charge in [0, 0.05) is 23.8 Å². The van der Waals surface area contributed by atoms with Gasteiger partial charge in [0.15, 0.2) is 0 Å². The Morgan fingerprint density at radius 3 is 2.50 bits per heavy atom. The predicted molar refractivity (Wildman–Crippen MR) is 119 cm³/mol. The van der Waals surface area contributed by atoms with Crippen molar-refractivity contribution in [2.45, 2.75) is 72.4 Å². The number of para-hydroxylation sites is 1. The summed E-state index contributed by atoms with van der Waals surface area (Å²) in [5, 5.41) is 0. The lowest BCUT2D eigenvalue weighted by atomic mass is 9.95. The molecule has 1 heterocycles. The maximum Gasteiger partial charge on any atom is 0.150 e. The Morgan fingerprint density at radius 2 is 1.86 bits per heavy atom. The van der Waals surface area contributed by atoms with Crippen LogP contribution in [0.25, 0.3) is 0 Å². The van der Waals surface area contributed by atoms with Crippen molar-refractivity contribution < 1.29 is 4.79 Å². The van der Waals surface area contributed by atoms with Crippen LogP contribution in [0, 0.1) is 18.8 Å². The van der Waals surface area contributed by atoms with Crippen LogP contribution in [0.3, 0.4) is 0 Å². The van der Waals surface area contributed by atoms with Crippen LogP contribution in [-0.2, 0) is 13.0 Å². The number of carbonyl (C=O) groups is 1. The van der Waals surface area contributed by atoms with Gasteiger partial charge in [-0.15, -0.1) is 0 Å². The molecule has 2 aliphatic rings. The zero-order chi connectivity index (χ0) is 20.1. The normalized spacial score (nSPS) is 18.3. The molecule has 2 aromatic carbocycles. The van der Waals surface area contributed by atoms with Crippen LogP contribution in [0.5, 0.6) is 0 Å². The van der Waals surface area contributed by atoms with E-state index in [1.165, 1.54) is 48.1 Å². The molecule has 150 valence electrons. The highest BCUT2D eigenvalue weighted by molar-refractivity contribution is 5.75. The number of hydrogen-bond acceptors (Lipinski definition) is 2.